The van der Waals surface area contributed by atoms with E-state index in [9.17, 15) is 60.7 Å². The molecule has 11 aliphatic heterocycles. The molecule has 6 fully saturated rings. The molecule has 0 saturated carbocycles. The number of rotatable bonds is 28. The maximum atomic E-state index is 11.5. The van der Waals surface area contributed by atoms with Crippen LogP contribution in [0.15, 0.2) is 157 Å². The molecular formula is C93H154Br2N16O22P6S. The summed E-state index contributed by atoms with van der Waals surface area (Å²) < 4.78 is 60.3. The molecule has 47 heteroatoms. The number of allylic oxidation sites excluding steroid dienone is 2. The van der Waals surface area contributed by atoms with E-state index in [-0.39, 0.29) is 29.8 Å². The molecule has 788 valence electrons. The molecule has 12 rings (SSSR count). The summed E-state index contributed by atoms with van der Waals surface area (Å²) in [6, 6.07) is 0. The number of aromatic nitrogens is 2. The van der Waals surface area contributed by atoms with Gasteiger partial charge >= 0.3 is 5.97 Å². The number of hydrogen-bond donors (Lipinski definition) is 15. The van der Waals surface area contributed by atoms with Crippen molar-refractivity contribution in [2.24, 2.45) is 50.0 Å². The highest BCUT2D eigenvalue weighted by Crippen LogP contribution is 2.47. The van der Waals surface area contributed by atoms with Crippen LogP contribution in [0.1, 0.15) is 69.7 Å². The number of nitrogens with zero attached hydrogens (tertiary/aromatic N) is 11. The van der Waals surface area contributed by atoms with Gasteiger partial charge in [-0.1, -0.05) is 32.9 Å². The van der Waals surface area contributed by atoms with Crippen LogP contribution in [0.4, 0.5) is 0 Å². The summed E-state index contributed by atoms with van der Waals surface area (Å²) in [5, 5.41) is 106. The van der Waals surface area contributed by atoms with Crippen molar-refractivity contribution in [2.45, 2.75) is 206 Å². The first-order valence-corrected chi connectivity index (χ1v) is 65.6. The Balaban J connectivity index is 0.000000229. The average Bonchev–Trinajstić information content (AvgIpc) is 1.66. The summed E-state index contributed by atoms with van der Waals surface area (Å²) in [6.45, 7) is 42.2. The number of methoxy groups -OCH3 is 3. The summed E-state index contributed by atoms with van der Waals surface area (Å²) in [6.07, 6.45) is 30.4. The van der Waals surface area contributed by atoms with Gasteiger partial charge in [-0.15, -0.1) is 79.1 Å². The lowest BCUT2D eigenvalue weighted by atomic mass is 10.0. The van der Waals surface area contributed by atoms with E-state index in [4.69, 9.17) is 82.5 Å². The van der Waals surface area contributed by atoms with Gasteiger partial charge in [0.1, 0.15) is 108 Å². The van der Waals surface area contributed by atoms with Crippen molar-refractivity contribution in [3.05, 3.63) is 153 Å². The number of ether oxygens (including phenoxy) is 10. The normalized spacial score (nSPS) is 30.9. The van der Waals surface area contributed by atoms with Crippen LogP contribution in [0.25, 0.3) is 0 Å². The number of amidine groups is 4. The fourth-order valence-electron chi connectivity index (χ4n) is 15.9. The minimum Gasteiger partial charge on any atom is -0.491 e. The monoisotopic (exact) mass is 2220 g/mol. The molecule has 12 heterocycles. The molecule has 0 bridgehead atoms. The van der Waals surface area contributed by atoms with Crippen LogP contribution in [-0.2, 0) is 64.0 Å². The predicted octanol–water partition coefficient (Wildman–Crippen LogP) is 5.99. The smallest absolute Gasteiger partial charge is 0.303 e. The second kappa shape index (κ2) is 51.0. The lowest BCUT2D eigenvalue weighted by Crippen LogP contribution is -2.44. The largest absolute Gasteiger partial charge is 0.491 e. The number of esters is 1. The Labute approximate surface area is 848 Å². The number of nitrogens with one attached hydrogen (secondary N) is 1. The molecule has 0 radical (unpaired) electrons. The van der Waals surface area contributed by atoms with E-state index < -0.39 is 182 Å². The van der Waals surface area contributed by atoms with Gasteiger partial charge in [-0.05, 0) is 219 Å². The molecular weight excluding hydrogens is 2070 g/mol. The minimum atomic E-state index is -1.28. The molecule has 11 aliphatic rings. The minimum absolute atomic E-state index is 0.210. The summed E-state index contributed by atoms with van der Waals surface area (Å²) >= 11 is 11.8. The number of aliphatic hydroxyl groups excluding tert-OH is 10. The maximum absolute atomic E-state index is 11.5. The molecule has 1 aromatic rings. The van der Waals surface area contributed by atoms with Gasteiger partial charge in [0, 0.05) is 75.5 Å². The number of aliphatic imine (C=N–C) groups is 4. The van der Waals surface area contributed by atoms with E-state index in [1.807, 2.05) is 20.2 Å². The Hall–Kier alpha value is -6.06. The fourth-order valence-corrected chi connectivity index (χ4v) is 22.4. The Bertz CT molecular complexity index is 5270. The van der Waals surface area contributed by atoms with Crippen LogP contribution in [0, 0.1) is 11.7 Å². The van der Waals surface area contributed by atoms with E-state index in [2.05, 4.69) is 213 Å². The Morgan fingerprint density at radius 2 is 0.786 bits per heavy atom. The summed E-state index contributed by atoms with van der Waals surface area (Å²) in [4.78, 5) is 51.7. The van der Waals surface area contributed by atoms with E-state index >= 15 is 0 Å². The molecule has 6 saturated heterocycles. The van der Waals surface area contributed by atoms with Gasteiger partial charge in [0.2, 0.25) is 5.91 Å². The van der Waals surface area contributed by atoms with Gasteiger partial charge in [0.25, 0.3) is 0 Å². The third-order valence-electron chi connectivity index (χ3n) is 23.7. The third-order valence-corrected chi connectivity index (χ3v) is 34.2. The van der Waals surface area contributed by atoms with Crippen LogP contribution in [-0.4, -0.2) is 437 Å². The highest BCUT2D eigenvalue weighted by atomic mass is 79.9. The number of amides is 1. The third kappa shape index (κ3) is 34.3. The van der Waals surface area contributed by atoms with Crippen molar-refractivity contribution < 1.29 is 108 Å². The number of nitrogens with two attached hydrogens (primary N) is 4. The van der Waals surface area contributed by atoms with E-state index in [1.54, 1.807) is 74.4 Å². The molecule has 0 aromatic carbocycles. The second-order valence-corrected chi connectivity index (χ2v) is 68.1. The molecule has 0 aliphatic carbocycles. The SMILES string of the molecule is C=C1C=C(N)C(Br)=CN1C1O[C@H](CCP(=C)(C)C)[C@@H](O)[C@H]1O.C=C1N=C(N)C(Br)=CN1C1O[C@H](CCP(=C)(C)C)[C@@H](O)[C@H]1O.C=C1N=C(N)C(OC)=CN1C1O[C@H](CCP(=C)(C)C)[C@@H](O)[C@H]1O.C=C1N=C(N)C(OC)=CN1C1O[C@H](CCP(=C)(C)C)[C@@H](O)[C@H]1OC.C=C1N=C(NC(C)=O)C=CN1C1O[C@H](CCP(=C)(C)C)[C@@H](O)[C@H]1OC(C)=O.C=P(C)(C)CC[C@H]1OC(c2cn(C)c(=S)nc2C)[C@H](O)[C@@H]1O. The summed E-state index contributed by atoms with van der Waals surface area (Å²) in [5.41, 5.74) is 25.7. The van der Waals surface area contributed by atoms with Crippen molar-refractivity contribution in [1.29, 1.82) is 0 Å². The molecule has 1 amide bonds. The zero-order valence-corrected chi connectivity index (χ0v) is 93.5. The topological polar surface area (TPSA) is 528 Å². The Morgan fingerprint density at radius 3 is 1.16 bits per heavy atom. The van der Waals surface area contributed by atoms with Crippen molar-refractivity contribution in [3.8, 4) is 0 Å². The van der Waals surface area contributed by atoms with Crippen molar-refractivity contribution in [2.75, 3.05) is 138 Å². The highest BCUT2D eigenvalue weighted by molar-refractivity contribution is 9.12. The molecule has 24 atom stereocenters. The number of hydrogen-bond acceptors (Lipinski definition) is 37. The second-order valence-electron chi connectivity index (χ2n) is 40.1. The zero-order chi connectivity index (χ0) is 106. The lowest BCUT2D eigenvalue weighted by molar-refractivity contribution is -0.157. The van der Waals surface area contributed by atoms with Gasteiger partial charge in [-0.3, -0.25) is 9.59 Å². The molecule has 19 N–H and O–H groups in total. The molecule has 1 aromatic heterocycles. The number of aliphatic hydroxyl groups is 10. The van der Waals surface area contributed by atoms with Crippen LogP contribution < -0.4 is 28.3 Å². The van der Waals surface area contributed by atoms with Crippen LogP contribution in [0.5, 0.6) is 0 Å². The number of aryl methyl sites for hydroxylation is 2. The maximum Gasteiger partial charge on any atom is 0.303 e. The Kier molecular flexibility index (Phi) is 44.1. The molecule has 140 heavy (non-hydrogen) atoms. The van der Waals surface area contributed by atoms with Crippen LogP contribution in [0.3, 0.4) is 0 Å². The quantitative estimate of drug-likeness (QED) is 0.0260. The Morgan fingerprint density at radius 1 is 0.457 bits per heavy atom. The van der Waals surface area contributed by atoms with Gasteiger partial charge < -0.3 is 156 Å². The molecule has 6 unspecified atom stereocenters. The van der Waals surface area contributed by atoms with E-state index in [0.717, 1.165) is 54.6 Å². The fraction of sp³-hybridized carbons (Fsp3) is 0.591. The van der Waals surface area contributed by atoms with E-state index in [0.29, 0.717) is 104 Å². The van der Waals surface area contributed by atoms with Gasteiger partial charge in [0.15, 0.2) is 65.2 Å². The summed E-state index contributed by atoms with van der Waals surface area (Å²) in [7, 11) is 6.35. The standard InChI is InChI=1S/C18H28N3O5P.C16H28N3O4P.C15H24BrN2O3P.C15H26N3O4P.C15H25N2O3PS.C14H23BrN3O3P/c1-11-19-15(20-12(2)22)7-9-21(11)18-17(25-13(3)23)16(24)14(26-18)8-10-27(4,5)6;1-10-18-15(17)12(21-2)9-19(10)16-14(22-3)13(20)11(23-16)7-8-24(4,5)6;1-9-7-11(17)10(16)8-18(9)15-14(20)13(19)12(21-15)5-6-22(2,3)4;1-9-17-14(16)11(21-2)8-18(9)15-13(20)12(19)10(22-15)6-7-23(3,4)5;1-9-10(8-17(2)15(22)16-9)14-13(19)12(18)11(20-14)6-7-21(3,4)5;1-8-17-13(16)9(15)7-18(8)14-12(20)11(19)10(21-14)5-6-22(2,3)4/h7,9,14,16-18,24H,1,4,8,10H2,2-3,5-6H3,(H,19,20,22);9,11,13-14,16,20H,1,4,7-8H2,2-3,5-6H3,(H2,17,18);7-8,12-15,19-20H,1-2,5-6,17H2,3-4H3;8,10,12-13,15,19-20H,1,3,6-7H2,2,4-5H3,(H2,16,17);8,11-14,18-19H,3,6-7H2,1-2,4-5H3;7,10-12,14,19-20H,1-2,5-6H2,3-4H3,(H2,16,17)/t14-,16-,17-,18?;11-,13-,14-,16?;12-,13-,14-,15?;10-,12-,13-,15?;11-,12-,13-,14?;10-,11-,12-,14?/m111111/s1. The van der Waals surface area contributed by atoms with E-state index in [1.165, 1.54) is 33.0 Å². The van der Waals surface area contributed by atoms with Gasteiger partial charge in [-0.2, -0.15) is 0 Å². The van der Waals surface area contributed by atoms with Crippen molar-refractivity contribution in [1.82, 2.24) is 39.4 Å². The van der Waals surface area contributed by atoms with Crippen molar-refractivity contribution in [3.63, 3.8) is 0 Å². The first-order valence-electron chi connectivity index (χ1n) is 45.3. The first kappa shape index (κ1) is 121. The molecule has 0 spiro atoms. The highest BCUT2D eigenvalue weighted by Gasteiger charge is 2.53. The average molecular weight is 2230 g/mol. The lowest BCUT2D eigenvalue weighted by Gasteiger charge is -2.32. The number of carbonyl (C=O) groups excluding carboxylic acids is 2. The number of carbonyl (C=O) groups is 2. The first-order chi connectivity index (χ1) is 64.6. The van der Waals surface area contributed by atoms with Crippen LogP contribution in [0.2, 0.25) is 0 Å². The number of halogens is 2. The van der Waals surface area contributed by atoms with Gasteiger partial charge in [0.05, 0.1) is 72.2 Å². The molecule has 38 nitrogen and oxygen atoms in total. The van der Waals surface area contributed by atoms with Crippen molar-refractivity contribution >= 4 is 158 Å². The zero-order valence-electron chi connectivity index (χ0n) is 84.2. The van der Waals surface area contributed by atoms with Gasteiger partial charge in [-0.25, -0.2) is 25.0 Å². The predicted molar refractivity (Wildman–Crippen MR) is 585 cm³/mol. The van der Waals surface area contributed by atoms with Crippen LogP contribution >= 0.6 is 85.4 Å². The summed E-state index contributed by atoms with van der Waals surface area (Å²) in [5.74, 6) is 2.57.